The summed E-state index contributed by atoms with van der Waals surface area (Å²) >= 11 is 0. The van der Waals surface area contributed by atoms with Crippen molar-refractivity contribution in [3.8, 4) is 0 Å². The zero-order valence-corrected chi connectivity index (χ0v) is 8.19. The summed E-state index contributed by atoms with van der Waals surface area (Å²) in [5.74, 6) is -2.90. The van der Waals surface area contributed by atoms with E-state index < -0.39 is 17.5 Å². The molecule has 82 valence electrons. The molecule has 0 heterocycles. The van der Waals surface area contributed by atoms with E-state index in [9.17, 15) is 13.2 Å². The van der Waals surface area contributed by atoms with Gasteiger partial charge in [0.1, 0.15) is 5.82 Å². The minimum absolute atomic E-state index is 0.0700. The average molecular weight is 215 g/mol. The van der Waals surface area contributed by atoms with Gasteiger partial charge in [-0.1, -0.05) is 12.8 Å². The molecule has 1 aromatic carbocycles. The molecule has 1 aromatic rings. The van der Waals surface area contributed by atoms with E-state index >= 15 is 0 Å². The quantitative estimate of drug-likeness (QED) is 0.745. The maximum atomic E-state index is 13.2. The minimum Gasteiger partial charge on any atom is -0.380 e. The summed E-state index contributed by atoms with van der Waals surface area (Å²) in [5.41, 5.74) is -0.0700. The van der Waals surface area contributed by atoms with Gasteiger partial charge in [-0.05, 0) is 12.8 Å². The zero-order chi connectivity index (χ0) is 10.8. The Labute approximate surface area is 86.3 Å². The molecule has 0 aromatic heterocycles. The van der Waals surface area contributed by atoms with Crippen LogP contribution in [-0.4, -0.2) is 6.04 Å². The second-order valence-corrected chi connectivity index (χ2v) is 3.87. The molecular formula is C11H12F3N. The molecule has 0 bridgehead atoms. The molecule has 1 aliphatic rings. The fourth-order valence-corrected chi connectivity index (χ4v) is 1.95. The molecule has 1 fully saturated rings. The first-order valence-corrected chi connectivity index (χ1v) is 5.08. The zero-order valence-electron chi connectivity index (χ0n) is 8.19. The summed E-state index contributed by atoms with van der Waals surface area (Å²) < 4.78 is 38.9. The number of anilines is 1. The lowest BCUT2D eigenvalue weighted by molar-refractivity contribution is 0.496. The van der Waals surface area contributed by atoms with Crippen molar-refractivity contribution < 1.29 is 13.2 Å². The molecule has 0 atom stereocenters. The van der Waals surface area contributed by atoms with Crippen LogP contribution in [0.2, 0.25) is 0 Å². The highest BCUT2D eigenvalue weighted by atomic mass is 19.2. The van der Waals surface area contributed by atoms with Gasteiger partial charge in [0.15, 0.2) is 11.6 Å². The highest BCUT2D eigenvalue weighted by Gasteiger charge is 2.18. The minimum atomic E-state index is -1.14. The first-order valence-electron chi connectivity index (χ1n) is 5.08. The van der Waals surface area contributed by atoms with E-state index in [4.69, 9.17) is 0 Å². The van der Waals surface area contributed by atoms with Crippen LogP contribution in [-0.2, 0) is 0 Å². The molecule has 0 spiro atoms. The van der Waals surface area contributed by atoms with Crippen LogP contribution in [0.1, 0.15) is 25.7 Å². The van der Waals surface area contributed by atoms with Gasteiger partial charge in [0.05, 0.1) is 5.69 Å². The van der Waals surface area contributed by atoms with Crippen LogP contribution >= 0.6 is 0 Å². The van der Waals surface area contributed by atoms with E-state index in [0.29, 0.717) is 6.07 Å². The van der Waals surface area contributed by atoms with E-state index in [1.54, 1.807) is 0 Å². The largest absolute Gasteiger partial charge is 0.380 e. The topological polar surface area (TPSA) is 12.0 Å². The summed E-state index contributed by atoms with van der Waals surface area (Å²) in [6.45, 7) is 0. The number of hydrogen-bond donors (Lipinski definition) is 1. The van der Waals surface area contributed by atoms with E-state index in [-0.39, 0.29) is 11.7 Å². The molecule has 0 amide bonds. The van der Waals surface area contributed by atoms with Crippen LogP contribution in [0.3, 0.4) is 0 Å². The summed E-state index contributed by atoms with van der Waals surface area (Å²) in [7, 11) is 0. The Bertz CT molecular complexity index is 359. The van der Waals surface area contributed by atoms with E-state index in [1.807, 2.05) is 0 Å². The average Bonchev–Trinajstić information content (AvgIpc) is 2.66. The molecule has 0 saturated heterocycles. The van der Waals surface area contributed by atoms with Crippen molar-refractivity contribution in [3.63, 3.8) is 0 Å². The van der Waals surface area contributed by atoms with Crippen LogP contribution in [0.4, 0.5) is 18.9 Å². The normalized spacial score (nSPS) is 17.0. The number of halogens is 3. The number of hydrogen-bond acceptors (Lipinski definition) is 1. The lowest BCUT2D eigenvalue weighted by atomic mass is 10.2. The van der Waals surface area contributed by atoms with Crippen molar-refractivity contribution in [1.82, 2.24) is 0 Å². The SMILES string of the molecule is Fc1cc(F)c(F)c(NC2CCCC2)c1. The molecule has 0 aliphatic heterocycles. The van der Waals surface area contributed by atoms with Crippen LogP contribution < -0.4 is 5.32 Å². The predicted octanol–water partition coefficient (Wildman–Crippen LogP) is 3.46. The van der Waals surface area contributed by atoms with Gasteiger partial charge < -0.3 is 5.32 Å². The number of benzene rings is 1. The summed E-state index contributed by atoms with van der Waals surface area (Å²) in [6, 6.07) is 1.69. The third-order valence-corrected chi connectivity index (χ3v) is 2.71. The Kier molecular flexibility index (Phi) is 2.84. The van der Waals surface area contributed by atoms with Gasteiger partial charge in [0, 0.05) is 18.2 Å². The fraction of sp³-hybridized carbons (Fsp3) is 0.455. The van der Waals surface area contributed by atoms with E-state index in [2.05, 4.69) is 5.32 Å². The molecule has 2 rings (SSSR count). The van der Waals surface area contributed by atoms with Gasteiger partial charge in [-0.2, -0.15) is 0 Å². The Morgan fingerprint density at radius 1 is 1.07 bits per heavy atom. The molecule has 1 nitrogen and oxygen atoms in total. The molecule has 0 unspecified atom stereocenters. The molecular weight excluding hydrogens is 203 g/mol. The standard InChI is InChI=1S/C11H12F3N/c12-7-5-9(13)11(14)10(6-7)15-8-3-1-2-4-8/h5-6,8,15H,1-4H2. The van der Waals surface area contributed by atoms with Crippen LogP contribution in [0.15, 0.2) is 12.1 Å². The van der Waals surface area contributed by atoms with Crippen molar-refractivity contribution >= 4 is 5.69 Å². The van der Waals surface area contributed by atoms with Crippen molar-refractivity contribution in [2.45, 2.75) is 31.7 Å². The second-order valence-electron chi connectivity index (χ2n) is 3.87. The lowest BCUT2D eigenvalue weighted by Gasteiger charge is -2.14. The van der Waals surface area contributed by atoms with Crippen molar-refractivity contribution in [3.05, 3.63) is 29.6 Å². The summed E-state index contributed by atoms with van der Waals surface area (Å²) in [5, 5.41) is 2.84. The number of rotatable bonds is 2. The summed E-state index contributed by atoms with van der Waals surface area (Å²) in [6.07, 6.45) is 4.02. The van der Waals surface area contributed by atoms with Crippen LogP contribution in [0, 0.1) is 17.5 Å². The monoisotopic (exact) mass is 215 g/mol. The van der Waals surface area contributed by atoms with Crippen molar-refractivity contribution in [1.29, 1.82) is 0 Å². The third kappa shape index (κ3) is 2.25. The Hall–Kier alpha value is -1.19. The summed E-state index contributed by atoms with van der Waals surface area (Å²) in [4.78, 5) is 0. The van der Waals surface area contributed by atoms with Gasteiger partial charge in [-0.15, -0.1) is 0 Å². The maximum absolute atomic E-state index is 13.2. The third-order valence-electron chi connectivity index (χ3n) is 2.71. The van der Waals surface area contributed by atoms with Gasteiger partial charge in [0.2, 0.25) is 0 Å². The van der Waals surface area contributed by atoms with E-state index in [0.717, 1.165) is 31.7 Å². The second kappa shape index (κ2) is 4.13. The van der Waals surface area contributed by atoms with Crippen LogP contribution in [0.25, 0.3) is 0 Å². The maximum Gasteiger partial charge on any atom is 0.182 e. The molecule has 15 heavy (non-hydrogen) atoms. The Balaban J connectivity index is 2.19. The molecule has 1 aliphatic carbocycles. The highest BCUT2D eigenvalue weighted by molar-refractivity contribution is 5.46. The van der Waals surface area contributed by atoms with Gasteiger partial charge in [-0.3, -0.25) is 0 Å². The van der Waals surface area contributed by atoms with Crippen LogP contribution in [0.5, 0.6) is 0 Å². The fourth-order valence-electron chi connectivity index (χ4n) is 1.95. The smallest absolute Gasteiger partial charge is 0.182 e. The van der Waals surface area contributed by atoms with Crippen molar-refractivity contribution in [2.75, 3.05) is 5.32 Å². The predicted molar refractivity (Wildman–Crippen MR) is 52.2 cm³/mol. The van der Waals surface area contributed by atoms with E-state index in [1.165, 1.54) is 0 Å². The Morgan fingerprint density at radius 3 is 2.40 bits per heavy atom. The van der Waals surface area contributed by atoms with Crippen molar-refractivity contribution in [2.24, 2.45) is 0 Å². The molecule has 1 saturated carbocycles. The molecule has 4 heteroatoms. The first-order chi connectivity index (χ1) is 7.16. The highest BCUT2D eigenvalue weighted by Crippen LogP contribution is 2.25. The molecule has 1 N–H and O–H groups in total. The van der Waals surface area contributed by atoms with Gasteiger partial charge in [-0.25, -0.2) is 13.2 Å². The Morgan fingerprint density at radius 2 is 1.73 bits per heavy atom. The number of nitrogens with one attached hydrogen (secondary N) is 1. The van der Waals surface area contributed by atoms with Gasteiger partial charge in [0.25, 0.3) is 0 Å². The molecule has 0 radical (unpaired) electrons. The van der Waals surface area contributed by atoms with Gasteiger partial charge >= 0.3 is 0 Å². The lowest BCUT2D eigenvalue weighted by Crippen LogP contribution is -2.16. The first kappa shape index (κ1) is 10.3.